The summed E-state index contributed by atoms with van der Waals surface area (Å²) in [6, 6.07) is 0. The minimum atomic E-state index is -4.30. The van der Waals surface area contributed by atoms with Crippen molar-refractivity contribution in [3.8, 4) is 0 Å². The van der Waals surface area contributed by atoms with E-state index in [1.807, 2.05) is 13.0 Å². The molecule has 0 amide bonds. The van der Waals surface area contributed by atoms with Gasteiger partial charge in [0.1, 0.15) is 6.10 Å². The summed E-state index contributed by atoms with van der Waals surface area (Å²) in [5, 5.41) is 9.41. The molecule has 0 aromatic carbocycles. The first-order valence-corrected chi connectivity index (χ1v) is 14.3. The van der Waals surface area contributed by atoms with Gasteiger partial charge >= 0.3 is 13.8 Å². The fourth-order valence-electron chi connectivity index (χ4n) is 2.92. The minimum absolute atomic E-state index is 0.0579. The minimum Gasteiger partial charge on any atom is -0.457 e. The van der Waals surface area contributed by atoms with Gasteiger partial charge in [0.05, 0.1) is 25.7 Å². The van der Waals surface area contributed by atoms with Crippen molar-refractivity contribution in [2.75, 3.05) is 26.4 Å². The van der Waals surface area contributed by atoms with Crippen LogP contribution < -0.4 is 5.73 Å². The number of carbonyl (C=O) groups excluding carboxylic acids is 1. The maximum absolute atomic E-state index is 12.4. The molecule has 0 bridgehead atoms. The van der Waals surface area contributed by atoms with Gasteiger partial charge in [-0.15, -0.1) is 0 Å². The first kappa shape index (κ1) is 34.2. The summed E-state index contributed by atoms with van der Waals surface area (Å²) >= 11 is 0. The number of allylic oxidation sites excluding steroid dienone is 10. The Morgan fingerprint density at radius 1 is 0.889 bits per heavy atom. The number of ether oxygens (including phenoxy) is 1. The second-order valence-corrected chi connectivity index (χ2v) is 9.47. The van der Waals surface area contributed by atoms with Gasteiger partial charge in [-0.05, 0) is 51.4 Å². The molecule has 0 aromatic heterocycles. The summed E-state index contributed by atoms with van der Waals surface area (Å²) in [6.45, 7) is 2.94. The van der Waals surface area contributed by atoms with Crippen molar-refractivity contribution in [2.45, 2.75) is 71.3 Å². The second-order valence-electron chi connectivity index (χ2n) is 8.02. The molecule has 4 N–H and O–H groups in total. The Labute approximate surface area is 217 Å². The van der Waals surface area contributed by atoms with Crippen LogP contribution in [0.1, 0.15) is 65.2 Å². The molecule has 0 aliphatic heterocycles. The highest BCUT2D eigenvalue weighted by atomic mass is 31.2. The molecule has 0 spiro atoms. The summed E-state index contributed by atoms with van der Waals surface area (Å²) in [5.41, 5.74) is 5.21. The number of nitrogens with two attached hydrogens (primary N) is 1. The summed E-state index contributed by atoms with van der Waals surface area (Å²) in [4.78, 5) is 21.9. The van der Waals surface area contributed by atoms with E-state index >= 15 is 0 Å². The Hall–Kier alpha value is -1.80. The van der Waals surface area contributed by atoms with E-state index in [2.05, 4.69) is 66.1 Å². The van der Waals surface area contributed by atoms with Gasteiger partial charge in [0.25, 0.3) is 0 Å². The predicted molar refractivity (Wildman–Crippen MR) is 145 cm³/mol. The third-order valence-corrected chi connectivity index (χ3v) is 5.93. The monoisotopic (exact) mass is 527 g/mol. The third kappa shape index (κ3) is 20.4. The van der Waals surface area contributed by atoms with E-state index in [1.165, 1.54) is 0 Å². The Kier molecular flexibility index (Phi) is 22.4. The van der Waals surface area contributed by atoms with Gasteiger partial charge in [-0.25, -0.2) is 4.57 Å². The maximum atomic E-state index is 12.4. The number of hydrogen-bond donors (Lipinski definition) is 3. The zero-order valence-electron chi connectivity index (χ0n) is 21.9. The van der Waals surface area contributed by atoms with E-state index in [4.69, 9.17) is 15.0 Å². The van der Waals surface area contributed by atoms with Crippen LogP contribution in [0.3, 0.4) is 0 Å². The van der Waals surface area contributed by atoms with Gasteiger partial charge in [-0.3, -0.25) is 13.8 Å². The molecule has 0 heterocycles. The molecule has 0 saturated heterocycles. The molecule has 0 aromatic rings. The van der Waals surface area contributed by atoms with Gasteiger partial charge in [0, 0.05) is 6.54 Å². The van der Waals surface area contributed by atoms with Gasteiger partial charge in [0.2, 0.25) is 0 Å². The number of esters is 1. The normalized spacial score (nSPS) is 16.0. The summed E-state index contributed by atoms with van der Waals surface area (Å²) in [7, 11) is -4.30. The van der Waals surface area contributed by atoms with Crippen LogP contribution in [0.15, 0.2) is 60.8 Å². The molecule has 0 saturated carbocycles. The zero-order chi connectivity index (χ0) is 26.9. The summed E-state index contributed by atoms with van der Waals surface area (Å²) in [6.07, 6.45) is 27.0. The standard InChI is InChI=1S/C27H46NO7P/c1-3-5-6-7-8-9-10-11-12-13-14-15-16-17-18-19-20-25(4-2)27(30)35-26(23-29)24-34-36(31,32)33-22-21-28/h5-6,8-9,11-12,14-15,17-18,25-26,29H,3-4,7,10,13,16,19-24,28H2,1-2H3,(H,31,32)/b6-5+,9-8+,12-11+,15-14+,18-17+. The third-order valence-electron chi connectivity index (χ3n) is 4.95. The number of rotatable bonds is 22. The number of phosphoric ester groups is 1. The highest BCUT2D eigenvalue weighted by Crippen LogP contribution is 2.43. The van der Waals surface area contributed by atoms with Crippen molar-refractivity contribution < 1.29 is 33.1 Å². The Bertz CT molecular complexity index is 746. The highest BCUT2D eigenvalue weighted by molar-refractivity contribution is 7.47. The lowest BCUT2D eigenvalue weighted by molar-refractivity contribution is -0.158. The quantitative estimate of drug-likeness (QED) is 0.0951. The van der Waals surface area contributed by atoms with E-state index < -0.39 is 33.1 Å². The summed E-state index contributed by atoms with van der Waals surface area (Å²) in [5.74, 6) is -0.807. The SMILES string of the molecule is CC/C=C/C/C=C/C/C=C/C/C=C/C/C=C/CCC(CC)C(=O)OC(CO)COP(=O)(O)OCCN. The van der Waals surface area contributed by atoms with Crippen LogP contribution in [-0.4, -0.2) is 48.4 Å². The number of phosphoric acid groups is 1. The van der Waals surface area contributed by atoms with Crippen LogP contribution in [0.25, 0.3) is 0 Å². The molecule has 3 atom stereocenters. The smallest absolute Gasteiger partial charge is 0.457 e. The molecule has 0 radical (unpaired) electrons. The molecule has 0 aliphatic rings. The van der Waals surface area contributed by atoms with Crippen molar-refractivity contribution in [1.82, 2.24) is 0 Å². The lowest BCUT2D eigenvalue weighted by Gasteiger charge is -2.20. The average Bonchev–Trinajstić information content (AvgIpc) is 2.87. The largest absolute Gasteiger partial charge is 0.472 e. The van der Waals surface area contributed by atoms with Gasteiger partial charge in [-0.1, -0.05) is 74.6 Å². The molecular weight excluding hydrogens is 481 g/mol. The molecule has 9 heteroatoms. The van der Waals surface area contributed by atoms with Crippen LogP contribution >= 0.6 is 7.82 Å². The zero-order valence-corrected chi connectivity index (χ0v) is 22.8. The van der Waals surface area contributed by atoms with Crippen molar-refractivity contribution in [3.63, 3.8) is 0 Å². The van der Waals surface area contributed by atoms with E-state index in [9.17, 15) is 19.4 Å². The van der Waals surface area contributed by atoms with E-state index in [1.54, 1.807) is 0 Å². The highest BCUT2D eigenvalue weighted by Gasteiger charge is 2.26. The fourth-order valence-corrected chi connectivity index (χ4v) is 3.69. The molecular formula is C27H46NO7P. The van der Waals surface area contributed by atoms with Crippen LogP contribution in [0.2, 0.25) is 0 Å². The fraction of sp³-hybridized carbons (Fsp3) is 0.593. The number of hydrogen-bond acceptors (Lipinski definition) is 7. The van der Waals surface area contributed by atoms with E-state index in [-0.39, 0.29) is 19.1 Å². The predicted octanol–water partition coefficient (Wildman–Crippen LogP) is 5.54. The first-order chi connectivity index (χ1) is 17.4. The lowest BCUT2D eigenvalue weighted by Crippen LogP contribution is -2.30. The van der Waals surface area contributed by atoms with E-state index in [0.29, 0.717) is 12.8 Å². The van der Waals surface area contributed by atoms with Crippen LogP contribution in [-0.2, 0) is 23.1 Å². The molecule has 3 unspecified atom stereocenters. The topological polar surface area (TPSA) is 128 Å². The van der Waals surface area contributed by atoms with Crippen LogP contribution in [0.5, 0.6) is 0 Å². The Balaban J connectivity index is 4.16. The van der Waals surface area contributed by atoms with Crippen molar-refractivity contribution in [1.29, 1.82) is 0 Å². The molecule has 0 aliphatic carbocycles. The molecule has 36 heavy (non-hydrogen) atoms. The average molecular weight is 528 g/mol. The van der Waals surface area contributed by atoms with Gasteiger partial charge in [0.15, 0.2) is 0 Å². The van der Waals surface area contributed by atoms with Gasteiger partial charge < -0.3 is 20.5 Å². The van der Waals surface area contributed by atoms with Crippen molar-refractivity contribution in [3.05, 3.63) is 60.8 Å². The van der Waals surface area contributed by atoms with Crippen molar-refractivity contribution in [2.24, 2.45) is 11.7 Å². The van der Waals surface area contributed by atoms with Crippen molar-refractivity contribution >= 4 is 13.8 Å². The molecule has 0 fully saturated rings. The summed E-state index contributed by atoms with van der Waals surface area (Å²) < 4.78 is 26.3. The van der Waals surface area contributed by atoms with Crippen LogP contribution in [0.4, 0.5) is 0 Å². The number of aliphatic hydroxyl groups excluding tert-OH is 1. The maximum Gasteiger partial charge on any atom is 0.472 e. The Morgan fingerprint density at radius 2 is 1.42 bits per heavy atom. The first-order valence-electron chi connectivity index (χ1n) is 12.8. The second kappa shape index (κ2) is 23.6. The number of aliphatic hydroxyl groups is 1. The van der Waals surface area contributed by atoms with E-state index in [0.717, 1.165) is 38.5 Å². The molecule has 8 nitrogen and oxygen atoms in total. The lowest BCUT2D eigenvalue weighted by atomic mass is 10.0. The molecule has 0 rings (SSSR count). The van der Waals surface area contributed by atoms with Gasteiger partial charge in [-0.2, -0.15) is 0 Å². The molecule has 206 valence electrons. The number of carbonyl (C=O) groups is 1. The Morgan fingerprint density at radius 3 is 1.89 bits per heavy atom. The van der Waals surface area contributed by atoms with Crippen LogP contribution in [0, 0.1) is 5.92 Å².